The van der Waals surface area contributed by atoms with Gasteiger partial charge in [0.25, 0.3) is 0 Å². The Morgan fingerprint density at radius 3 is 1.31 bits per heavy atom. The summed E-state index contributed by atoms with van der Waals surface area (Å²) in [6.07, 6.45) is 2.21. The number of hydrogen-bond donors (Lipinski definition) is 14. The van der Waals surface area contributed by atoms with Gasteiger partial charge < -0.3 is 75.9 Å². The van der Waals surface area contributed by atoms with E-state index in [-0.39, 0.29) is 63.8 Å². The van der Waals surface area contributed by atoms with Crippen molar-refractivity contribution in [3.8, 4) is 0 Å². The Hall–Kier alpha value is -8.01. The predicted octanol–water partition coefficient (Wildman–Crippen LogP) is -0.787. The van der Waals surface area contributed by atoms with Gasteiger partial charge in [-0.1, -0.05) is 86.6 Å². The van der Waals surface area contributed by atoms with Crippen molar-refractivity contribution in [1.82, 2.24) is 47.9 Å². The second-order valence-electron chi connectivity index (χ2n) is 21.2. The molecule has 3 aromatic rings. The third kappa shape index (κ3) is 27.4. The summed E-state index contributed by atoms with van der Waals surface area (Å²) in [5.41, 5.74) is 24.3. The summed E-state index contributed by atoms with van der Waals surface area (Å²) >= 11 is 1.45. The quantitative estimate of drug-likeness (QED) is 0.0310. The molecule has 3 rings (SSSR count). The van der Waals surface area contributed by atoms with Crippen LogP contribution in [0.4, 0.5) is 4.39 Å². The van der Waals surface area contributed by atoms with Gasteiger partial charge in [0.2, 0.25) is 59.1 Å². The normalized spacial score (nSPS) is 14.2. The fraction of sp³-hybridized carbons (Fsp3) is 0.508. The number of carbonyl (C=O) groups is 11. The maximum absolute atomic E-state index is 14.6. The largest absolute Gasteiger partial charge is 0.481 e. The molecule has 0 saturated carbocycles. The number of halogens is 1. The van der Waals surface area contributed by atoms with Crippen molar-refractivity contribution in [1.29, 1.82) is 0 Å². The van der Waals surface area contributed by atoms with Crippen molar-refractivity contribution >= 4 is 76.8 Å². The number of carboxylic acids is 1. The summed E-state index contributed by atoms with van der Waals surface area (Å²) in [6, 6.07) is 9.91. The molecule has 0 fully saturated rings. The number of carbonyl (C=O) groups excluding carboxylic acids is 10. The molecule has 0 unspecified atom stereocenters. The summed E-state index contributed by atoms with van der Waals surface area (Å²) in [7, 11) is 0. The minimum atomic E-state index is -1.85. The third-order valence-corrected chi connectivity index (χ3v) is 14.1. The molecular weight excluding hydrogens is 1130 g/mol. The average molecular weight is 1220 g/mol. The summed E-state index contributed by atoms with van der Waals surface area (Å²) in [5, 5.41) is 33.2. The molecule has 0 aliphatic carbocycles. The van der Waals surface area contributed by atoms with Crippen LogP contribution in [0.15, 0.2) is 84.9 Å². The molecule has 18 N–H and O–H groups in total. The zero-order chi connectivity index (χ0) is 63.7. The summed E-state index contributed by atoms with van der Waals surface area (Å²) < 4.78 is 14.1. The molecule has 3 aromatic carbocycles. The number of amides is 10. The Morgan fingerprint density at radius 2 is 0.884 bits per heavy atom. The number of nitrogens with two attached hydrogens (primary N) is 4. The second-order valence-corrected chi connectivity index (χ2v) is 22.2. The summed E-state index contributed by atoms with van der Waals surface area (Å²) in [6.45, 7) is 4.86. The van der Waals surface area contributed by atoms with E-state index in [9.17, 15) is 62.2 Å². The molecular formula is C59H86FN13O12S. The molecule has 0 aromatic heterocycles. The Balaban J connectivity index is 1.96. The second kappa shape index (κ2) is 38.8. The molecule has 0 radical (unpaired) electrons. The molecule has 0 bridgehead atoms. The van der Waals surface area contributed by atoms with Crippen molar-refractivity contribution < 1.29 is 62.2 Å². The topological polar surface area (TPSA) is 420 Å². The van der Waals surface area contributed by atoms with E-state index in [0.717, 1.165) is 12.1 Å². The van der Waals surface area contributed by atoms with E-state index in [2.05, 4.69) is 47.9 Å². The van der Waals surface area contributed by atoms with Crippen molar-refractivity contribution in [2.45, 2.75) is 152 Å². The molecule has 27 heteroatoms. The molecule has 10 amide bonds. The number of unbranched alkanes of at least 4 members (excludes halogenated alkanes) is 2. The van der Waals surface area contributed by atoms with Crippen molar-refractivity contribution in [2.75, 3.05) is 31.6 Å². The van der Waals surface area contributed by atoms with E-state index >= 15 is 0 Å². The fourth-order valence-corrected chi connectivity index (χ4v) is 9.26. The van der Waals surface area contributed by atoms with Crippen LogP contribution in [0.1, 0.15) is 95.2 Å². The van der Waals surface area contributed by atoms with Gasteiger partial charge in [-0.2, -0.15) is 11.8 Å². The zero-order valence-corrected chi connectivity index (χ0v) is 50.0. The average Bonchev–Trinajstić information content (AvgIpc) is 3.66. The van der Waals surface area contributed by atoms with E-state index in [0.29, 0.717) is 48.3 Å². The lowest BCUT2D eigenvalue weighted by atomic mass is 10.0. The van der Waals surface area contributed by atoms with Crippen LogP contribution in [0.3, 0.4) is 0 Å². The maximum Gasteiger partial charge on any atom is 0.305 e. The molecule has 86 heavy (non-hydrogen) atoms. The standard InChI is InChI=1S/C59H86FN13O12S/c1-35(2)29-44(56(82)67-41(51(64)77)25-28-86-4)66-49(74)34-65-53(79)45(32-39-21-23-40(60)24-22-39)70-57(83)46(30-37-15-7-5-8-16-37)72-55(81)43(20-12-14-27-62)69-59(85)48(33-50(75)76)73-58(84)47(31-38-17-9-6-10-18-38)71-54(80)42(19-11-13-26-61)68-52(78)36(3)63/h5-10,15-18,21-24,35-36,41-48H,11-14,19-20,25-34,61-63H2,1-4H3,(H2,64,77)(H,65,79)(H,66,74)(H,67,82)(H,68,78)(H,69,85)(H,70,83)(H,71,80)(H,72,81)(H,73,84)(H,75,76)/t36-,41-,42-,43-,44-,45-,46-,47-,48-/m0/s1. The van der Waals surface area contributed by atoms with E-state index in [1.807, 2.05) is 20.1 Å². The van der Waals surface area contributed by atoms with Gasteiger partial charge in [-0.25, -0.2) is 4.39 Å². The highest BCUT2D eigenvalue weighted by Gasteiger charge is 2.35. The van der Waals surface area contributed by atoms with Gasteiger partial charge in [0.15, 0.2) is 0 Å². The first-order valence-corrected chi connectivity index (χ1v) is 30.0. The van der Waals surface area contributed by atoms with Gasteiger partial charge >= 0.3 is 5.97 Å². The first-order valence-electron chi connectivity index (χ1n) is 28.6. The lowest BCUT2D eigenvalue weighted by molar-refractivity contribution is -0.141. The molecule has 25 nitrogen and oxygen atoms in total. The van der Waals surface area contributed by atoms with E-state index in [1.165, 1.54) is 30.8 Å². The highest BCUT2D eigenvalue weighted by molar-refractivity contribution is 7.98. The minimum Gasteiger partial charge on any atom is -0.481 e. The minimum absolute atomic E-state index is 0.103. The Labute approximate surface area is 505 Å². The van der Waals surface area contributed by atoms with Crippen LogP contribution in [0.2, 0.25) is 0 Å². The van der Waals surface area contributed by atoms with Crippen LogP contribution in [0, 0.1) is 11.7 Å². The smallest absolute Gasteiger partial charge is 0.305 e. The number of hydrogen-bond acceptors (Lipinski definition) is 15. The van der Waals surface area contributed by atoms with Crippen LogP contribution in [-0.4, -0.2) is 156 Å². The molecule has 472 valence electrons. The number of rotatable bonds is 40. The lowest BCUT2D eigenvalue weighted by Gasteiger charge is -2.28. The van der Waals surface area contributed by atoms with Crippen molar-refractivity contribution in [3.63, 3.8) is 0 Å². The highest BCUT2D eigenvalue weighted by atomic mass is 32.2. The third-order valence-electron chi connectivity index (χ3n) is 13.5. The van der Waals surface area contributed by atoms with Crippen LogP contribution < -0.4 is 70.8 Å². The molecule has 9 atom stereocenters. The maximum atomic E-state index is 14.6. The summed E-state index contributed by atoms with van der Waals surface area (Å²) in [5.74, 6) is -10.2. The van der Waals surface area contributed by atoms with Gasteiger partial charge in [-0.15, -0.1) is 0 Å². The number of carboxylic acid groups (broad SMARTS) is 1. The van der Waals surface area contributed by atoms with Gasteiger partial charge in [-0.3, -0.25) is 52.7 Å². The van der Waals surface area contributed by atoms with Crippen LogP contribution in [-0.2, 0) is 72.0 Å². The van der Waals surface area contributed by atoms with E-state index < -0.39 is 138 Å². The van der Waals surface area contributed by atoms with Gasteiger partial charge in [0.05, 0.1) is 19.0 Å². The first-order chi connectivity index (χ1) is 40.9. The Morgan fingerprint density at radius 1 is 0.488 bits per heavy atom. The van der Waals surface area contributed by atoms with Crippen LogP contribution in [0.5, 0.6) is 0 Å². The SMILES string of the molecule is CSCC[C@H](NC(=O)[C@H](CC(C)C)NC(=O)CNC(=O)[C@H](Cc1ccc(F)cc1)NC(=O)[C@H](Cc1ccccc1)NC(=O)[C@H](CCCCN)NC(=O)[C@H](CC(=O)O)NC(=O)[C@H](Cc1ccccc1)NC(=O)[C@H](CCCCN)NC(=O)[C@H](C)N)C(N)=O. The number of benzene rings is 3. The number of aliphatic carboxylic acids is 1. The highest BCUT2D eigenvalue weighted by Crippen LogP contribution is 2.13. The van der Waals surface area contributed by atoms with Crippen molar-refractivity contribution in [3.05, 3.63) is 107 Å². The monoisotopic (exact) mass is 1220 g/mol. The molecule has 0 spiro atoms. The van der Waals surface area contributed by atoms with E-state index in [4.69, 9.17) is 22.9 Å². The van der Waals surface area contributed by atoms with E-state index in [1.54, 1.807) is 60.7 Å². The van der Waals surface area contributed by atoms with Gasteiger partial charge in [-0.05, 0) is 118 Å². The van der Waals surface area contributed by atoms with Crippen LogP contribution in [0.25, 0.3) is 0 Å². The van der Waals surface area contributed by atoms with Gasteiger partial charge in [0.1, 0.15) is 54.2 Å². The molecule has 0 heterocycles. The summed E-state index contributed by atoms with van der Waals surface area (Å²) in [4.78, 5) is 150. The number of primary amides is 1. The fourth-order valence-electron chi connectivity index (χ4n) is 8.79. The molecule has 0 aliphatic rings. The van der Waals surface area contributed by atoms with Crippen LogP contribution >= 0.6 is 11.8 Å². The Kier molecular flexibility index (Phi) is 32.6. The molecule has 0 saturated heterocycles. The molecule has 0 aliphatic heterocycles. The van der Waals surface area contributed by atoms with Crippen molar-refractivity contribution in [2.24, 2.45) is 28.9 Å². The lowest BCUT2D eigenvalue weighted by Crippen LogP contribution is -2.60. The number of thioether (sulfide) groups is 1. The van der Waals surface area contributed by atoms with Gasteiger partial charge in [0, 0.05) is 19.3 Å². The first kappa shape index (κ1) is 72.2. The zero-order valence-electron chi connectivity index (χ0n) is 49.2. The predicted molar refractivity (Wildman–Crippen MR) is 322 cm³/mol. The Bertz CT molecular complexity index is 2700. The number of nitrogens with one attached hydrogen (secondary N) is 9.